The van der Waals surface area contributed by atoms with E-state index in [0.717, 1.165) is 4.90 Å². The Kier molecular flexibility index (Phi) is 6.59. The van der Waals surface area contributed by atoms with Crippen LogP contribution in [0.4, 0.5) is 0 Å². The van der Waals surface area contributed by atoms with Gasteiger partial charge in [-0.15, -0.1) is 11.8 Å². The van der Waals surface area contributed by atoms with Gasteiger partial charge in [0.15, 0.2) is 5.78 Å². The molecule has 1 amide bonds. The highest BCUT2D eigenvalue weighted by Gasteiger charge is 2.14. The van der Waals surface area contributed by atoms with Crippen molar-refractivity contribution >= 4 is 23.5 Å². The first-order valence-electron chi connectivity index (χ1n) is 6.09. The number of amides is 1. The van der Waals surface area contributed by atoms with Gasteiger partial charge in [0.1, 0.15) is 0 Å². The van der Waals surface area contributed by atoms with Gasteiger partial charge in [-0.2, -0.15) is 0 Å². The summed E-state index contributed by atoms with van der Waals surface area (Å²) >= 11 is 1.44. The van der Waals surface area contributed by atoms with E-state index in [0.29, 0.717) is 18.7 Å². The Morgan fingerprint density at radius 3 is 2.79 bits per heavy atom. The van der Waals surface area contributed by atoms with Crippen LogP contribution in [-0.2, 0) is 9.53 Å². The molecule has 0 saturated carbocycles. The maximum atomic E-state index is 11.8. The normalized spacial score (nSPS) is 11.9. The third-order valence-corrected chi connectivity index (χ3v) is 3.62. The average Bonchev–Trinajstić information content (AvgIpc) is 2.39. The third-order valence-electron chi connectivity index (χ3n) is 2.53. The fourth-order valence-electron chi connectivity index (χ4n) is 1.47. The lowest BCUT2D eigenvalue weighted by molar-refractivity contribution is -0.120. The van der Waals surface area contributed by atoms with E-state index in [1.54, 1.807) is 13.2 Å². The topological polar surface area (TPSA) is 55.4 Å². The van der Waals surface area contributed by atoms with Gasteiger partial charge in [-0.1, -0.05) is 12.1 Å². The first-order chi connectivity index (χ1) is 9.04. The molecule has 0 aliphatic heterocycles. The number of carbonyl (C=O) groups is 2. The molecule has 1 atom stereocenters. The predicted octanol–water partition coefficient (Wildman–Crippen LogP) is 2.13. The second kappa shape index (κ2) is 7.96. The number of carbonyl (C=O) groups excluding carboxylic acids is 2. The van der Waals surface area contributed by atoms with Crippen molar-refractivity contribution in [2.75, 3.05) is 20.3 Å². The Morgan fingerprint density at radius 2 is 2.16 bits per heavy atom. The van der Waals surface area contributed by atoms with Crippen molar-refractivity contribution < 1.29 is 14.3 Å². The monoisotopic (exact) mass is 281 g/mol. The molecular weight excluding hydrogens is 262 g/mol. The third kappa shape index (κ3) is 5.44. The number of benzene rings is 1. The molecule has 0 heterocycles. The molecule has 4 nitrogen and oxygen atoms in total. The molecule has 0 aliphatic rings. The van der Waals surface area contributed by atoms with E-state index in [-0.39, 0.29) is 16.9 Å². The molecule has 19 heavy (non-hydrogen) atoms. The Balaban J connectivity index is 2.56. The van der Waals surface area contributed by atoms with E-state index in [9.17, 15) is 9.59 Å². The Labute approximate surface area is 117 Å². The van der Waals surface area contributed by atoms with Crippen molar-refractivity contribution in [1.29, 1.82) is 0 Å². The summed E-state index contributed by atoms with van der Waals surface area (Å²) in [5.74, 6) is -0.00470. The summed E-state index contributed by atoms with van der Waals surface area (Å²) in [7, 11) is 1.59. The molecule has 1 rings (SSSR count). The van der Waals surface area contributed by atoms with Crippen LogP contribution in [0.5, 0.6) is 0 Å². The molecule has 5 heteroatoms. The van der Waals surface area contributed by atoms with Crippen LogP contribution in [0.3, 0.4) is 0 Å². The minimum Gasteiger partial charge on any atom is -0.383 e. The Bertz CT molecular complexity index is 448. The molecular formula is C14H19NO3S. The summed E-state index contributed by atoms with van der Waals surface area (Å²) in [6.07, 6.45) is 0. The largest absolute Gasteiger partial charge is 0.383 e. The number of hydrogen-bond acceptors (Lipinski definition) is 4. The minimum atomic E-state index is -0.209. The molecule has 0 aliphatic carbocycles. The Morgan fingerprint density at radius 1 is 1.42 bits per heavy atom. The highest BCUT2D eigenvalue weighted by Crippen LogP contribution is 2.24. The minimum absolute atomic E-state index is 0.0275. The van der Waals surface area contributed by atoms with E-state index >= 15 is 0 Å². The summed E-state index contributed by atoms with van der Waals surface area (Å²) < 4.78 is 4.87. The van der Waals surface area contributed by atoms with Crippen LogP contribution in [0.2, 0.25) is 0 Å². The van der Waals surface area contributed by atoms with Crippen LogP contribution < -0.4 is 5.32 Å². The van der Waals surface area contributed by atoms with Crippen molar-refractivity contribution in [3.8, 4) is 0 Å². The number of Topliss-reactive ketones (excluding diaryl/α,β-unsaturated/α-hetero) is 1. The van der Waals surface area contributed by atoms with E-state index in [4.69, 9.17) is 4.74 Å². The zero-order valence-corrected chi connectivity index (χ0v) is 12.3. The highest BCUT2D eigenvalue weighted by atomic mass is 32.2. The summed E-state index contributed by atoms with van der Waals surface area (Å²) in [6.45, 7) is 4.38. The molecule has 104 valence electrons. The summed E-state index contributed by atoms with van der Waals surface area (Å²) in [5, 5.41) is 2.58. The maximum absolute atomic E-state index is 11.8. The lowest BCUT2D eigenvalue weighted by Crippen LogP contribution is -2.33. The lowest BCUT2D eigenvalue weighted by Gasteiger charge is -2.12. The zero-order chi connectivity index (χ0) is 14.3. The molecule has 1 aromatic rings. The molecule has 0 spiro atoms. The van der Waals surface area contributed by atoms with Crippen molar-refractivity contribution in [2.24, 2.45) is 0 Å². The van der Waals surface area contributed by atoms with Gasteiger partial charge in [0, 0.05) is 24.1 Å². The standard InChI is InChI=1S/C14H19NO3S/c1-10(16)12-5-4-6-13(9-12)19-11(2)14(17)15-7-8-18-3/h4-6,9,11H,7-8H2,1-3H3,(H,15,17). The molecule has 1 unspecified atom stereocenters. The molecule has 1 N–H and O–H groups in total. The van der Waals surface area contributed by atoms with Crippen LogP contribution in [0.25, 0.3) is 0 Å². The molecule has 1 aromatic carbocycles. The average molecular weight is 281 g/mol. The zero-order valence-electron chi connectivity index (χ0n) is 11.4. The van der Waals surface area contributed by atoms with Crippen LogP contribution in [0.15, 0.2) is 29.2 Å². The lowest BCUT2D eigenvalue weighted by atomic mass is 10.2. The van der Waals surface area contributed by atoms with Crippen molar-refractivity contribution in [3.63, 3.8) is 0 Å². The number of hydrogen-bond donors (Lipinski definition) is 1. The first kappa shape index (κ1) is 15.7. The van der Waals surface area contributed by atoms with Crippen molar-refractivity contribution in [1.82, 2.24) is 5.32 Å². The van der Waals surface area contributed by atoms with Gasteiger partial charge in [-0.3, -0.25) is 9.59 Å². The number of ether oxygens (including phenoxy) is 1. The fraction of sp³-hybridized carbons (Fsp3) is 0.429. The van der Waals surface area contributed by atoms with Crippen molar-refractivity contribution in [2.45, 2.75) is 24.0 Å². The van der Waals surface area contributed by atoms with E-state index in [2.05, 4.69) is 5.32 Å². The predicted molar refractivity (Wildman–Crippen MR) is 76.7 cm³/mol. The quantitative estimate of drug-likeness (QED) is 0.472. The molecule has 0 radical (unpaired) electrons. The number of nitrogens with one attached hydrogen (secondary N) is 1. The van der Waals surface area contributed by atoms with Gasteiger partial charge >= 0.3 is 0 Å². The number of thioether (sulfide) groups is 1. The van der Waals surface area contributed by atoms with Crippen LogP contribution in [0.1, 0.15) is 24.2 Å². The summed E-state index contributed by atoms with van der Waals surface area (Å²) in [6, 6.07) is 7.31. The van der Waals surface area contributed by atoms with E-state index in [1.165, 1.54) is 18.7 Å². The van der Waals surface area contributed by atoms with Gasteiger partial charge < -0.3 is 10.1 Å². The van der Waals surface area contributed by atoms with E-state index in [1.807, 2.05) is 25.1 Å². The number of methoxy groups -OCH3 is 1. The van der Waals surface area contributed by atoms with Crippen LogP contribution >= 0.6 is 11.8 Å². The molecule has 0 aromatic heterocycles. The summed E-state index contributed by atoms with van der Waals surface area (Å²) in [5.41, 5.74) is 0.664. The smallest absolute Gasteiger partial charge is 0.233 e. The summed E-state index contributed by atoms with van der Waals surface area (Å²) in [4.78, 5) is 24.0. The van der Waals surface area contributed by atoms with Gasteiger partial charge in [-0.25, -0.2) is 0 Å². The second-order valence-corrected chi connectivity index (χ2v) is 5.54. The maximum Gasteiger partial charge on any atom is 0.233 e. The van der Waals surface area contributed by atoms with Gasteiger partial charge in [0.2, 0.25) is 5.91 Å². The van der Waals surface area contributed by atoms with Crippen molar-refractivity contribution in [3.05, 3.63) is 29.8 Å². The number of ketones is 1. The molecule has 0 fully saturated rings. The van der Waals surface area contributed by atoms with Gasteiger partial charge in [0.05, 0.1) is 11.9 Å². The molecule has 0 bridgehead atoms. The van der Waals surface area contributed by atoms with Crippen LogP contribution in [0, 0.1) is 0 Å². The second-order valence-electron chi connectivity index (χ2n) is 4.13. The van der Waals surface area contributed by atoms with E-state index < -0.39 is 0 Å². The van der Waals surface area contributed by atoms with Crippen LogP contribution in [-0.4, -0.2) is 37.2 Å². The number of rotatable bonds is 7. The fourth-order valence-corrected chi connectivity index (χ4v) is 2.42. The SMILES string of the molecule is COCCNC(=O)C(C)Sc1cccc(C(C)=O)c1. The first-order valence-corrected chi connectivity index (χ1v) is 6.97. The molecule has 0 saturated heterocycles. The highest BCUT2D eigenvalue weighted by molar-refractivity contribution is 8.00. The van der Waals surface area contributed by atoms with Gasteiger partial charge in [0.25, 0.3) is 0 Å². The van der Waals surface area contributed by atoms with Gasteiger partial charge in [-0.05, 0) is 26.0 Å². The Hall–Kier alpha value is -1.33.